The molecule has 0 amide bonds. The number of Topliss-reactive ketones (excluding diaryl/α,β-unsaturated/α-hetero) is 1. The lowest BCUT2D eigenvalue weighted by Gasteiger charge is -2.41. The summed E-state index contributed by atoms with van der Waals surface area (Å²) in [6, 6.07) is 8.07. The number of anilines is 1. The Hall–Kier alpha value is -2.78. The first-order chi connectivity index (χ1) is 13.3. The van der Waals surface area contributed by atoms with Crippen molar-refractivity contribution < 1.29 is 13.2 Å². The number of H-pyrrole nitrogens is 1. The standard InChI is InChI=1S/C19H21N5O3S/c1-12(25)13-4-3-5-16(8-13)28(26,27)23-14-9-15(10-14)24(2)19-17-6-7-20-18(17)21-11-22-19/h3-8,11,14-15,23H,9-10H2,1-2H3,(H,20,21,22)/t14-,15+. The van der Waals surface area contributed by atoms with Crippen LogP contribution in [0.25, 0.3) is 11.0 Å². The molecule has 1 saturated carbocycles. The molecule has 0 radical (unpaired) electrons. The molecule has 146 valence electrons. The third-order valence-corrected chi connectivity index (χ3v) is 6.72. The first-order valence-electron chi connectivity index (χ1n) is 8.99. The zero-order valence-electron chi connectivity index (χ0n) is 15.6. The lowest BCUT2D eigenvalue weighted by Crippen LogP contribution is -2.53. The number of rotatable bonds is 6. The molecule has 1 aliphatic rings. The Morgan fingerprint density at radius 2 is 2.04 bits per heavy atom. The van der Waals surface area contributed by atoms with Gasteiger partial charge < -0.3 is 9.88 Å². The summed E-state index contributed by atoms with van der Waals surface area (Å²) in [7, 11) is -1.71. The number of nitrogens with one attached hydrogen (secondary N) is 2. The average Bonchev–Trinajstić information content (AvgIpc) is 3.12. The van der Waals surface area contributed by atoms with Crippen LogP contribution in [0, 0.1) is 0 Å². The lowest BCUT2D eigenvalue weighted by molar-refractivity contribution is 0.101. The minimum absolute atomic E-state index is 0.113. The molecule has 8 nitrogen and oxygen atoms in total. The van der Waals surface area contributed by atoms with E-state index in [0.29, 0.717) is 18.4 Å². The summed E-state index contributed by atoms with van der Waals surface area (Å²) < 4.78 is 28.0. The normalized spacial score (nSPS) is 19.4. The van der Waals surface area contributed by atoms with Gasteiger partial charge in [0.05, 0.1) is 10.3 Å². The Morgan fingerprint density at radius 3 is 2.79 bits per heavy atom. The number of fused-ring (bicyclic) bond motifs is 1. The van der Waals surface area contributed by atoms with Crippen molar-refractivity contribution in [3.05, 3.63) is 48.4 Å². The highest BCUT2D eigenvalue weighted by Crippen LogP contribution is 2.31. The Balaban J connectivity index is 1.43. The molecule has 2 N–H and O–H groups in total. The maximum atomic E-state index is 12.6. The topological polar surface area (TPSA) is 108 Å². The van der Waals surface area contributed by atoms with E-state index in [0.717, 1.165) is 16.9 Å². The molecule has 1 fully saturated rings. The molecule has 4 rings (SSSR count). The smallest absolute Gasteiger partial charge is 0.240 e. The number of hydrogen-bond acceptors (Lipinski definition) is 6. The lowest BCUT2D eigenvalue weighted by atomic mass is 9.86. The Labute approximate surface area is 163 Å². The predicted octanol–water partition coefficient (Wildman–Crippen LogP) is 2.11. The van der Waals surface area contributed by atoms with Gasteiger partial charge >= 0.3 is 0 Å². The van der Waals surface area contributed by atoms with E-state index >= 15 is 0 Å². The summed E-state index contributed by atoms with van der Waals surface area (Å²) in [5.74, 6) is 0.662. The minimum atomic E-state index is -3.67. The molecule has 0 saturated heterocycles. The fourth-order valence-corrected chi connectivity index (χ4v) is 4.79. The van der Waals surface area contributed by atoms with Crippen molar-refractivity contribution in [1.29, 1.82) is 0 Å². The summed E-state index contributed by atoms with van der Waals surface area (Å²) >= 11 is 0. The zero-order valence-corrected chi connectivity index (χ0v) is 16.4. The number of hydrogen-bond donors (Lipinski definition) is 2. The highest BCUT2D eigenvalue weighted by molar-refractivity contribution is 7.89. The second-order valence-corrected chi connectivity index (χ2v) is 8.79. The first-order valence-corrected chi connectivity index (χ1v) is 10.5. The van der Waals surface area contributed by atoms with Gasteiger partial charge in [-0.1, -0.05) is 12.1 Å². The van der Waals surface area contributed by atoms with Gasteiger partial charge in [0, 0.05) is 30.9 Å². The van der Waals surface area contributed by atoms with Crippen LogP contribution in [0.5, 0.6) is 0 Å². The SMILES string of the molecule is CC(=O)c1cccc(S(=O)(=O)N[C@H]2C[C@@H](N(C)c3ncnc4[nH]ccc34)C2)c1. The van der Waals surface area contributed by atoms with Crippen LogP contribution in [0.2, 0.25) is 0 Å². The number of nitrogens with zero attached hydrogens (tertiary/aromatic N) is 3. The van der Waals surface area contributed by atoms with Gasteiger partial charge in [-0.05, 0) is 38.0 Å². The second kappa shape index (κ2) is 6.99. The molecule has 3 aromatic rings. The Kier molecular flexibility index (Phi) is 4.64. The molecule has 0 bridgehead atoms. The summed E-state index contributed by atoms with van der Waals surface area (Å²) in [6.45, 7) is 1.42. The van der Waals surface area contributed by atoms with Gasteiger partial charge in [0.1, 0.15) is 17.8 Å². The highest BCUT2D eigenvalue weighted by atomic mass is 32.2. The molecule has 0 spiro atoms. The monoisotopic (exact) mass is 399 g/mol. The van der Waals surface area contributed by atoms with Crippen molar-refractivity contribution >= 4 is 32.7 Å². The molecule has 2 heterocycles. The molecule has 0 atom stereocenters. The van der Waals surface area contributed by atoms with Gasteiger partial charge in [-0.3, -0.25) is 4.79 Å². The van der Waals surface area contributed by atoms with Crippen molar-refractivity contribution in [2.45, 2.75) is 36.7 Å². The quantitative estimate of drug-likeness (QED) is 0.615. The van der Waals surface area contributed by atoms with E-state index in [4.69, 9.17) is 0 Å². The third kappa shape index (κ3) is 3.38. The average molecular weight is 399 g/mol. The number of ketones is 1. The summed E-state index contributed by atoms with van der Waals surface area (Å²) in [5.41, 5.74) is 1.16. The van der Waals surface area contributed by atoms with E-state index in [9.17, 15) is 13.2 Å². The molecule has 28 heavy (non-hydrogen) atoms. The van der Waals surface area contributed by atoms with Crippen LogP contribution in [0.15, 0.2) is 47.8 Å². The van der Waals surface area contributed by atoms with Crippen molar-refractivity contribution in [3.63, 3.8) is 0 Å². The van der Waals surface area contributed by atoms with Gasteiger partial charge in [0.25, 0.3) is 0 Å². The number of carbonyl (C=O) groups is 1. The van der Waals surface area contributed by atoms with E-state index in [1.165, 1.54) is 25.4 Å². The van der Waals surface area contributed by atoms with Crippen molar-refractivity contribution in [2.24, 2.45) is 0 Å². The molecule has 1 aliphatic carbocycles. The molecule has 0 aliphatic heterocycles. The van der Waals surface area contributed by atoms with Crippen LogP contribution in [0.1, 0.15) is 30.1 Å². The first kappa shape index (κ1) is 18.6. The maximum Gasteiger partial charge on any atom is 0.240 e. The van der Waals surface area contributed by atoms with E-state index in [2.05, 4.69) is 24.6 Å². The van der Waals surface area contributed by atoms with Gasteiger partial charge in [0.15, 0.2) is 5.78 Å². The van der Waals surface area contributed by atoms with Gasteiger partial charge in [-0.2, -0.15) is 0 Å². The van der Waals surface area contributed by atoms with Crippen LogP contribution >= 0.6 is 0 Å². The Bertz CT molecular complexity index is 1140. The largest absolute Gasteiger partial charge is 0.356 e. The number of benzene rings is 1. The zero-order chi connectivity index (χ0) is 19.9. The Morgan fingerprint density at radius 1 is 1.25 bits per heavy atom. The number of sulfonamides is 1. The van der Waals surface area contributed by atoms with Crippen LogP contribution < -0.4 is 9.62 Å². The molecule has 2 aromatic heterocycles. The number of carbonyl (C=O) groups excluding carboxylic acids is 1. The number of aromatic amines is 1. The predicted molar refractivity (Wildman–Crippen MR) is 106 cm³/mol. The maximum absolute atomic E-state index is 12.6. The van der Waals surface area contributed by atoms with Crippen molar-refractivity contribution in [2.75, 3.05) is 11.9 Å². The van der Waals surface area contributed by atoms with Crippen LogP contribution in [0.3, 0.4) is 0 Å². The van der Waals surface area contributed by atoms with E-state index in [1.807, 2.05) is 19.3 Å². The molecular weight excluding hydrogens is 378 g/mol. The highest BCUT2D eigenvalue weighted by Gasteiger charge is 2.36. The third-order valence-electron chi connectivity index (χ3n) is 5.20. The van der Waals surface area contributed by atoms with Gasteiger partial charge in [0.2, 0.25) is 10.0 Å². The fraction of sp³-hybridized carbons (Fsp3) is 0.316. The molecule has 1 aromatic carbocycles. The van der Waals surface area contributed by atoms with Gasteiger partial charge in [-0.25, -0.2) is 23.1 Å². The second-order valence-electron chi connectivity index (χ2n) is 7.08. The van der Waals surface area contributed by atoms with Crippen LogP contribution in [0.4, 0.5) is 5.82 Å². The van der Waals surface area contributed by atoms with Crippen molar-refractivity contribution in [3.8, 4) is 0 Å². The van der Waals surface area contributed by atoms with E-state index < -0.39 is 10.0 Å². The minimum Gasteiger partial charge on any atom is -0.356 e. The molecule has 9 heteroatoms. The van der Waals surface area contributed by atoms with Crippen molar-refractivity contribution in [1.82, 2.24) is 19.7 Å². The summed E-state index contributed by atoms with van der Waals surface area (Å²) in [4.78, 5) is 25.3. The molecular formula is C19H21N5O3S. The van der Waals surface area contributed by atoms with Crippen LogP contribution in [-0.2, 0) is 10.0 Å². The summed E-state index contributed by atoms with van der Waals surface area (Å²) in [5, 5.41) is 0.940. The van der Waals surface area contributed by atoms with Gasteiger partial charge in [-0.15, -0.1) is 0 Å². The molecule has 0 unspecified atom stereocenters. The van der Waals surface area contributed by atoms with E-state index in [-0.39, 0.29) is 22.8 Å². The van der Waals surface area contributed by atoms with Crippen LogP contribution in [-0.4, -0.2) is 48.3 Å². The van der Waals surface area contributed by atoms with E-state index in [1.54, 1.807) is 12.1 Å². The number of aromatic nitrogens is 3. The fourth-order valence-electron chi connectivity index (χ4n) is 3.48. The summed E-state index contributed by atoms with van der Waals surface area (Å²) in [6.07, 6.45) is 4.70.